The van der Waals surface area contributed by atoms with Crippen LogP contribution in [0.3, 0.4) is 0 Å². The number of hydrogen-bond donors (Lipinski definition) is 1. The molecule has 0 radical (unpaired) electrons. The number of nitrogens with one attached hydrogen (secondary N) is 1. The molecule has 1 N–H and O–H groups in total. The van der Waals surface area contributed by atoms with Crippen molar-refractivity contribution in [3.63, 3.8) is 0 Å². The summed E-state index contributed by atoms with van der Waals surface area (Å²) in [4.78, 5) is 32.0. The van der Waals surface area contributed by atoms with Gasteiger partial charge in [-0.3, -0.25) is 14.9 Å². The van der Waals surface area contributed by atoms with Gasteiger partial charge in [-0.1, -0.05) is 41.1 Å². The van der Waals surface area contributed by atoms with Crippen LogP contribution in [0.5, 0.6) is 0 Å². The van der Waals surface area contributed by atoms with Crippen molar-refractivity contribution in [2.45, 2.75) is 13.0 Å². The lowest BCUT2D eigenvalue weighted by Gasteiger charge is -2.24. The van der Waals surface area contributed by atoms with Crippen LogP contribution in [-0.2, 0) is 17.8 Å². The lowest BCUT2D eigenvalue weighted by Crippen LogP contribution is -2.34. The van der Waals surface area contributed by atoms with Gasteiger partial charge in [0.15, 0.2) is 5.13 Å². The molecule has 0 spiro atoms. The predicted octanol–water partition coefficient (Wildman–Crippen LogP) is 4.71. The Kier molecular flexibility index (Phi) is 5.57. The van der Waals surface area contributed by atoms with Gasteiger partial charge in [0, 0.05) is 34.3 Å². The Hall–Kier alpha value is -2.48. The summed E-state index contributed by atoms with van der Waals surface area (Å²) in [6, 6.07) is 9.17. The maximum atomic E-state index is 12.5. The number of anilines is 1. The third kappa shape index (κ3) is 4.16. The lowest BCUT2D eigenvalue weighted by molar-refractivity contribution is -0.126. The quantitative estimate of drug-likeness (QED) is 0.611. The van der Waals surface area contributed by atoms with Crippen molar-refractivity contribution < 1.29 is 9.59 Å². The summed E-state index contributed by atoms with van der Waals surface area (Å²) in [6.45, 7) is 1.09. The summed E-state index contributed by atoms with van der Waals surface area (Å²) in [5.74, 6) is -0.231. The van der Waals surface area contributed by atoms with E-state index in [-0.39, 0.29) is 11.8 Å². The molecule has 5 nitrogen and oxygen atoms in total. The van der Waals surface area contributed by atoms with Crippen molar-refractivity contribution >= 4 is 57.3 Å². The second kappa shape index (κ2) is 8.26. The molecule has 4 rings (SSSR count). The van der Waals surface area contributed by atoms with E-state index in [1.165, 1.54) is 22.7 Å². The molecule has 3 aromatic rings. The zero-order valence-electron chi connectivity index (χ0n) is 14.7. The zero-order valence-corrected chi connectivity index (χ0v) is 17.1. The van der Waals surface area contributed by atoms with Gasteiger partial charge in [-0.15, -0.1) is 0 Å². The van der Waals surface area contributed by atoms with Crippen LogP contribution in [-0.4, -0.2) is 28.2 Å². The average Bonchev–Trinajstić information content (AvgIpc) is 3.36. The van der Waals surface area contributed by atoms with Crippen LogP contribution in [0.2, 0.25) is 5.02 Å². The van der Waals surface area contributed by atoms with Crippen molar-refractivity contribution in [2.75, 3.05) is 11.9 Å². The van der Waals surface area contributed by atoms with E-state index in [1.807, 2.05) is 23.6 Å². The van der Waals surface area contributed by atoms with Crippen molar-refractivity contribution in [1.29, 1.82) is 0 Å². The molecule has 1 aliphatic heterocycles. The second-order valence-corrected chi connectivity index (χ2v) is 8.49. The lowest BCUT2D eigenvalue weighted by atomic mass is 10.1. The monoisotopic (exact) mass is 429 g/mol. The van der Waals surface area contributed by atoms with Crippen molar-refractivity contribution in [2.24, 2.45) is 0 Å². The number of fused-ring (bicyclic) bond motifs is 1. The first-order valence-corrected chi connectivity index (χ1v) is 10.8. The first-order chi connectivity index (χ1) is 13.6. The molecule has 0 saturated heterocycles. The fourth-order valence-corrected chi connectivity index (χ4v) is 4.73. The topological polar surface area (TPSA) is 62.3 Å². The summed E-state index contributed by atoms with van der Waals surface area (Å²) < 4.78 is 0. The Morgan fingerprint density at radius 3 is 2.89 bits per heavy atom. The first kappa shape index (κ1) is 18.9. The first-order valence-electron chi connectivity index (χ1n) is 8.64. The van der Waals surface area contributed by atoms with Gasteiger partial charge in [0.2, 0.25) is 5.91 Å². The minimum absolute atomic E-state index is 0.0668. The summed E-state index contributed by atoms with van der Waals surface area (Å²) in [7, 11) is 0. The summed E-state index contributed by atoms with van der Waals surface area (Å²) in [5.41, 5.74) is 2.39. The molecule has 0 bridgehead atoms. The number of carbonyl (C=O) groups excluding carboxylic acids is 2. The van der Waals surface area contributed by atoms with Crippen LogP contribution < -0.4 is 5.32 Å². The molecule has 0 fully saturated rings. The average molecular weight is 430 g/mol. The number of thiophene rings is 1. The molecule has 2 aromatic heterocycles. The molecule has 3 heterocycles. The zero-order chi connectivity index (χ0) is 19.5. The minimum atomic E-state index is -0.164. The molecule has 1 aromatic carbocycles. The fourth-order valence-electron chi connectivity index (χ4n) is 2.88. The van der Waals surface area contributed by atoms with E-state index >= 15 is 0 Å². The minimum Gasteiger partial charge on any atom is -0.334 e. The highest BCUT2D eigenvalue weighted by Crippen LogP contribution is 2.29. The third-order valence-electron chi connectivity index (χ3n) is 4.36. The standard InChI is InChI=1S/C20H16ClN3O2S2/c21-15-4-2-1-3-13(15)5-6-18(25)24-9-7-16-17(11-24)28-20(22-16)23-19(26)14-8-10-27-12-14/h1-6,8,10,12H,7,9,11H2,(H,22,23,26)/b6-5+. The summed E-state index contributed by atoms with van der Waals surface area (Å²) >= 11 is 9.02. The van der Waals surface area contributed by atoms with Crippen LogP contribution in [0.15, 0.2) is 47.2 Å². The van der Waals surface area contributed by atoms with E-state index < -0.39 is 0 Å². The van der Waals surface area contributed by atoms with Gasteiger partial charge in [-0.2, -0.15) is 11.3 Å². The van der Waals surface area contributed by atoms with Crippen molar-refractivity contribution in [3.8, 4) is 0 Å². The number of hydrogen-bond acceptors (Lipinski definition) is 5. The highest BCUT2D eigenvalue weighted by Gasteiger charge is 2.23. The molecule has 2 amide bonds. The SMILES string of the molecule is O=C(Nc1nc2c(s1)CN(C(=O)/C=C/c1ccccc1Cl)CC2)c1ccsc1. The largest absolute Gasteiger partial charge is 0.334 e. The van der Waals surface area contributed by atoms with Crippen LogP contribution in [0, 0.1) is 0 Å². The Balaban J connectivity index is 1.42. The molecule has 0 unspecified atom stereocenters. The van der Waals surface area contributed by atoms with Crippen LogP contribution >= 0.6 is 34.3 Å². The maximum absolute atomic E-state index is 12.5. The molecular weight excluding hydrogens is 414 g/mol. The van der Waals surface area contributed by atoms with Crippen molar-refractivity contribution in [3.05, 3.63) is 73.9 Å². The number of carbonyl (C=O) groups is 2. The van der Waals surface area contributed by atoms with Gasteiger partial charge in [-0.05, 0) is 29.2 Å². The molecule has 0 atom stereocenters. The van der Waals surface area contributed by atoms with Crippen LogP contribution in [0.4, 0.5) is 5.13 Å². The number of thiazole rings is 1. The van der Waals surface area contributed by atoms with Gasteiger partial charge in [0.25, 0.3) is 5.91 Å². The molecular formula is C20H16ClN3O2S2. The van der Waals surface area contributed by atoms with Gasteiger partial charge < -0.3 is 4.90 Å². The van der Waals surface area contributed by atoms with E-state index in [9.17, 15) is 9.59 Å². The summed E-state index contributed by atoms with van der Waals surface area (Å²) in [5, 5.41) is 7.69. The van der Waals surface area contributed by atoms with Gasteiger partial charge >= 0.3 is 0 Å². The Morgan fingerprint density at radius 2 is 2.11 bits per heavy atom. The van der Waals surface area contributed by atoms with Crippen LogP contribution in [0.25, 0.3) is 6.08 Å². The molecule has 0 saturated carbocycles. The number of benzene rings is 1. The number of halogens is 1. The summed E-state index contributed by atoms with van der Waals surface area (Å²) in [6.07, 6.45) is 3.96. The molecule has 1 aliphatic rings. The third-order valence-corrected chi connectivity index (χ3v) is 6.38. The smallest absolute Gasteiger partial charge is 0.258 e. The van der Waals surface area contributed by atoms with E-state index in [0.29, 0.717) is 35.2 Å². The fraction of sp³-hybridized carbons (Fsp3) is 0.150. The number of aromatic nitrogens is 1. The van der Waals surface area contributed by atoms with Gasteiger partial charge in [0.1, 0.15) is 0 Å². The predicted molar refractivity (Wildman–Crippen MR) is 114 cm³/mol. The van der Waals surface area contributed by atoms with E-state index in [1.54, 1.807) is 34.6 Å². The molecule has 142 valence electrons. The number of nitrogens with zero attached hydrogens (tertiary/aromatic N) is 2. The van der Waals surface area contributed by atoms with Gasteiger partial charge in [-0.25, -0.2) is 4.98 Å². The second-order valence-electron chi connectivity index (χ2n) is 6.22. The van der Waals surface area contributed by atoms with Crippen LogP contribution in [0.1, 0.15) is 26.5 Å². The highest BCUT2D eigenvalue weighted by atomic mass is 35.5. The molecule has 0 aliphatic carbocycles. The number of amides is 2. The van der Waals surface area contributed by atoms with E-state index in [4.69, 9.17) is 11.6 Å². The van der Waals surface area contributed by atoms with E-state index in [0.717, 1.165) is 16.1 Å². The van der Waals surface area contributed by atoms with E-state index in [2.05, 4.69) is 10.3 Å². The van der Waals surface area contributed by atoms with Gasteiger partial charge in [0.05, 0.1) is 17.8 Å². The normalized spacial score (nSPS) is 13.5. The Labute approximate surface area is 175 Å². The number of rotatable bonds is 4. The molecule has 8 heteroatoms. The highest BCUT2D eigenvalue weighted by molar-refractivity contribution is 7.16. The van der Waals surface area contributed by atoms with Crippen molar-refractivity contribution in [1.82, 2.24) is 9.88 Å². The molecule has 28 heavy (non-hydrogen) atoms. The Bertz CT molecular complexity index is 1040. The Morgan fingerprint density at radius 1 is 1.25 bits per heavy atom. The maximum Gasteiger partial charge on any atom is 0.258 e.